The van der Waals surface area contributed by atoms with Crippen molar-refractivity contribution in [1.29, 1.82) is 0 Å². The number of methoxy groups -OCH3 is 1. The molecule has 0 bridgehead atoms. The number of Topliss-reactive ketones (excluding diaryl/α,β-unsaturated/α-hetero) is 2. The first-order valence-electron chi connectivity index (χ1n) is 10.2. The maximum Gasteiger partial charge on any atom is 0.335 e. The highest BCUT2D eigenvalue weighted by Crippen LogP contribution is 2.35. The highest BCUT2D eigenvalue weighted by Gasteiger charge is 2.38. The van der Waals surface area contributed by atoms with Crippen LogP contribution in [0.5, 0.6) is 5.75 Å². The molecule has 0 amide bonds. The Morgan fingerprint density at radius 3 is 2.15 bits per heavy atom. The highest BCUT2D eigenvalue weighted by molar-refractivity contribution is 6.33. The summed E-state index contributed by atoms with van der Waals surface area (Å²) in [6.07, 6.45) is 0.156. The van der Waals surface area contributed by atoms with Crippen molar-refractivity contribution in [2.75, 3.05) is 19.1 Å². The normalized spacial score (nSPS) is 12.3. The predicted octanol–water partition coefficient (Wildman–Crippen LogP) is 3.84. The molecule has 0 saturated carbocycles. The number of aromatic carboxylic acids is 1. The average molecular weight is 445 g/mol. The van der Waals surface area contributed by atoms with Gasteiger partial charge >= 0.3 is 5.97 Å². The van der Waals surface area contributed by atoms with Gasteiger partial charge in [-0.05, 0) is 48.0 Å². The van der Waals surface area contributed by atoms with Gasteiger partial charge < -0.3 is 14.7 Å². The zero-order chi connectivity index (χ0) is 24.0. The van der Waals surface area contributed by atoms with E-state index in [0.717, 1.165) is 0 Å². The number of aldehydes is 1. The molecule has 0 saturated heterocycles. The van der Waals surface area contributed by atoms with Gasteiger partial charge in [0.05, 0.1) is 18.7 Å². The van der Waals surface area contributed by atoms with Crippen LogP contribution in [0.15, 0.2) is 78.9 Å². The molecule has 1 N–H and O–H groups in total. The molecule has 168 valence electrons. The van der Waals surface area contributed by atoms with Gasteiger partial charge in [0.25, 0.3) is 0 Å². The molecule has 0 aliphatic carbocycles. The fraction of sp³-hybridized carbons (Fsp3) is 0.154. The summed E-state index contributed by atoms with van der Waals surface area (Å²) in [5.41, 5.74) is 1.42. The molecular formula is C26H23NO6. The van der Waals surface area contributed by atoms with Crippen molar-refractivity contribution in [3.63, 3.8) is 0 Å². The number of nitrogens with zero attached hydrogens (tertiary/aromatic N) is 1. The summed E-state index contributed by atoms with van der Waals surface area (Å²) in [6.45, 7) is 0. The van der Waals surface area contributed by atoms with Gasteiger partial charge in [-0.3, -0.25) is 14.4 Å². The molecule has 0 radical (unpaired) electrons. The topological polar surface area (TPSA) is 101 Å². The minimum atomic E-state index is -1.35. The van der Waals surface area contributed by atoms with Crippen LogP contribution in [0.25, 0.3) is 0 Å². The largest absolute Gasteiger partial charge is 0.497 e. The molecule has 33 heavy (non-hydrogen) atoms. The molecule has 7 nitrogen and oxygen atoms in total. The van der Waals surface area contributed by atoms with Gasteiger partial charge in [0.15, 0.2) is 12.1 Å². The minimum absolute atomic E-state index is 0.0610. The van der Waals surface area contributed by atoms with Crippen molar-refractivity contribution in [3.8, 4) is 5.75 Å². The zero-order valence-corrected chi connectivity index (χ0v) is 18.2. The number of carboxylic acids is 1. The third-order valence-corrected chi connectivity index (χ3v) is 5.45. The first-order chi connectivity index (χ1) is 15.9. The van der Waals surface area contributed by atoms with E-state index in [4.69, 9.17) is 4.74 Å². The fourth-order valence-corrected chi connectivity index (χ4v) is 3.75. The number of carboxylic acid groups (broad SMARTS) is 1. The molecule has 0 aliphatic heterocycles. The van der Waals surface area contributed by atoms with Gasteiger partial charge in [-0.15, -0.1) is 0 Å². The smallest absolute Gasteiger partial charge is 0.335 e. The monoisotopic (exact) mass is 445 g/mol. The van der Waals surface area contributed by atoms with E-state index in [1.54, 1.807) is 78.7 Å². The second-order valence-electron chi connectivity index (χ2n) is 7.41. The van der Waals surface area contributed by atoms with E-state index in [9.17, 15) is 24.3 Å². The van der Waals surface area contributed by atoms with Crippen LogP contribution in [0.1, 0.15) is 32.3 Å². The third-order valence-electron chi connectivity index (χ3n) is 5.45. The summed E-state index contributed by atoms with van der Waals surface area (Å²) in [5, 5.41) is 9.38. The van der Waals surface area contributed by atoms with Crippen molar-refractivity contribution >= 4 is 29.5 Å². The molecule has 2 unspecified atom stereocenters. The Balaban J connectivity index is 2.14. The van der Waals surface area contributed by atoms with E-state index in [0.29, 0.717) is 17.0 Å². The molecule has 7 heteroatoms. The SMILES string of the molecule is COc1ccc(C(=O)C(C(=O)C=O)C(c2ccccc2)N(C)c2cccc(C(=O)O)c2)cc1. The molecule has 3 aromatic rings. The number of ether oxygens (including phenoxy) is 1. The lowest BCUT2D eigenvalue weighted by Gasteiger charge is -2.34. The molecule has 3 rings (SSSR count). The summed E-state index contributed by atoms with van der Waals surface area (Å²) >= 11 is 0. The first-order valence-corrected chi connectivity index (χ1v) is 10.2. The van der Waals surface area contributed by atoms with Crippen LogP contribution < -0.4 is 9.64 Å². The Morgan fingerprint density at radius 2 is 1.58 bits per heavy atom. The number of hydrogen-bond acceptors (Lipinski definition) is 6. The van der Waals surface area contributed by atoms with Crippen LogP contribution in [-0.2, 0) is 9.59 Å². The van der Waals surface area contributed by atoms with Crippen LogP contribution in [0.3, 0.4) is 0 Å². The number of rotatable bonds is 10. The Labute approximate surface area is 191 Å². The number of benzene rings is 3. The van der Waals surface area contributed by atoms with Crippen molar-refractivity contribution in [2.24, 2.45) is 5.92 Å². The van der Waals surface area contributed by atoms with E-state index in [1.165, 1.54) is 19.2 Å². The quantitative estimate of drug-likeness (QED) is 0.219. The Morgan fingerprint density at radius 1 is 0.909 bits per heavy atom. The lowest BCUT2D eigenvalue weighted by atomic mass is 9.82. The van der Waals surface area contributed by atoms with Crippen LogP contribution in [0.4, 0.5) is 5.69 Å². The molecule has 2 atom stereocenters. The van der Waals surface area contributed by atoms with E-state index in [1.807, 2.05) is 0 Å². The Hall–Kier alpha value is -4.26. The van der Waals surface area contributed by atoms with Crippen molar-refractivity contribution < 1.29 is 29.0 Å². The Bertz CT molecular complexity index is 1160. The maximum atomic E-state index is 13.5. The van der Waals surface area contributed by atoms with E-state index in [-0.39, 0.29) is 17.4 Å². The molecule has 3 aromatic carbocycles. The van der Waals surface area contributed by atoms with Gasteiger partial charge in [-0.1, -0.05) is 36.4 Å². The second-order valence-corrected chi connectivity index (χ2v) is 7.41. The van der Waals surface area contributed by atoms with E-state index in [2.05, 4.69) is 0 Å². The van der Waals surface area contributed by atoms with Crippen LogP contribution in [-0.4, -0.2) is 43.1 Å². The zero-order valence-electron chi connectivity index (χ0n) is 18.2. The van der Waals surface area contributed by atoms with Crippen molar-refractivity contribution in [3.05, 3.63) is 95.6 Å². The number of carbonyl (C=O) groups excluding carboxylic acids is 3. The van der Waals surface area contributed by atoms with Gasteiger partial charge in [-0.2, -0.15) is 0 Å². The van der Waals surface area contributed by atoms with Gasteiger partial charge in [0, 0.05) is 18.3 Å². The second kappa shape index (κ2) is 10.4. The number of hydrogen-bond donors (Lipinski definition) is 1. The summed E-state index contributed by atoms with van der Waals surface area (Å²) in [7, 11) is 3.16. The average Bonchev–Trinajstić information content (AvgIpc) is 2.86. The molecule has 0 spiro atoms. The van der Waals surface area contributed by atoms with Crippen molar-refractivity contribution in [1.82, 2.24) is 0 Å². The summed E-state index contributed by atoms with van der Waals surface area (Å²) in [5.74, 6) is -3.30. The maximum absolute atomic E-state index is 13.5. The van der Waals surface area contributed by atoms with Crippen LogP contribution in [0.2, 0.25) is 0 Å². The number of ketones is 2. The van der Waals surface area contributed by atoms with Gasteiger partial charge in [-0.25, -0.2) is 4.79 Å². The standard InChI is InChI=1S/C26H23NO6/c1-27(20-10-6-9-19(15-20)26(31)32)24(17-7-4-3-5-8-17)23(22(29)16-28)25(30)18-11-13-21(33-2)14-12-18/h3-16,23-24H,1-2H3,(H,31,32). The van der Waals surface area contributed by atoms with E-state index < -0.39 is 29.5 Å². The molecule has 0 aromatic heterocycles. The molecule has 0 fully saturated rings. The lowest BCUT2D eigenvalue weighted by Crippen LogP contribution is -2.40. The number of carbonyl (C=O) groups is 4. The van der Waals surface area contributed by atoms with E-state index >= 15 is 0 Å². The summed E-state index contributed by atoms with van der Waals surface area (Å²) in [6, 6.07) is 20.5. The first kappa shape index (κ1) is 23.4. The highest BCUT2D eigenvalue weighted by atomic mass is 16.5. The summed E-state index contributed by atoms with van der Waals surface area (Å²) in [4.78, 5) is 51.1. The van der Waals surface area contributed by atoms with Crippen LogP contribution in [0, 0.1) is 5.92 Å². The van der Waals surface area contributed by atoms with Gasteiger partial charge in [0.1, 0.15) is 11.7 Å². The third kappa shape index (κ3) is 5.15. The van der Waals surface area contributed by atoms with Crippen LogP contribution >= 0.6 is 0 Å². The molecule has 0 heterocycles. The Kier molecular flexibility index (Phi) is 7.35. The fourth-order valence-electron chi connectivity index (χ4n) is 3.75. The van der Waals surface area contributed by atoms with Crippen molar-refractivity contribution in [2.45, 2.75) is 6.04 Å². The molecule has 0 aliphatic rings. The summed E-state index contributed by atoms with van der Waals surface area (Å²) < 4.78 is 5.13. The molecular weight excluding hydrogens is 422 g/mol. The number of anilines is 1. The van der Waals surface area contributed by atoms with Gasteiger partial charge in [0.2, 0.25) is 5.78 Å². The predicted molar refractivity (Wildman–Crippen MR) is 123 cm³/mol. The lowest BCUT2D eigenvalue weighted by molar-refractivity contribution is -0.132. The minimum Gasteiger partial charge on any atom is -0.497 e.